The van der Waals surface area contributed by atoms with Crippen LogP contribution in [0.5, 0.6) is 5.75 Å². The maximum atomic E-state index is 13.2. The molecule has 0 aliphatic carbocycles. The standard InChI is InChI=1S/C22H32N4O5S/c1-3-19-21(27)23-18-15-17(5-6-20(18)31-19)32(29,30)26-9-7-16(8-10-26)22(28)25-13-11-24(4-2)12-14-25/h5-6,15-16,19H,3-4,7-14H2,1-2H3,(H,23,27). The van der Waals surface area contributed by atoms with E-state index in [0.717, 1.165) is 32.7 Å². The third-order valence-electron chi connectivity index (χ3n) is 6.71. The van der Waals surface area contributed by atoms with Crippen molar-refractivity contribution in [1.82, 2.24) is 14.1 Å². The minimum absolute atomic E-state index is 0.121. The van der Waals surface area contributed by atoms with E-state index in [1.54, 1.807) is 6.07 Å². The van der Waals surface area contributed by atoms with Crippen LogP contribution in [-0.2, 0) is 19.6 Å². The molecule has 10 heteroatoms. The third kappa shape index (κ3) is 4.49. The van der Waals surface area contributed by atoms with Gasteiger partial charge in [0.05, 0.1) is 10.6 Å². The summed E-state index contributed by atoms with van der Waals surface area (Å²) in [6.45, 7) is 8.87. The van der Waals surface area contributed by atoms with Gasteiger partial charge in [0.25, 0.3) is 5.91 Å². The average molecular weight is 465 g/mol. The Morgan fingerprint density at radius 3 is 2.41 bits per heavy atom. The van der Waals surface area contributed by atoms with Crippen LogP contribution in [0.15, 0.2) is 23.1 Å². The number of hydrogen-bond donors (Lipinski definition) is 1. The minimum Gasteiger partial charge on any atom is -0.478 e. The average Bonchev–Trinajstić information content (AvgIpc) is 2.82. The summed E-state index contributed by atoms with van der Waals surface area (Å²) >= 11 is 0. The summed E-state index contributed by atoms with van der Waals surface area (Å²) in [6.07, 6.45) is 1.02. The Labute approximate surface area is 189 Å². The number of piperidine rings is 1. The number of piperazine rings is 1. The topological polar surface area (TPSA) is 99.3 Å². The predicted molar refractivity (Wildman–Crippen MR) is 120 cm³/mol. The Hall–Kier alpha value is -2.17. The van der Waals surface area contributed by atoms with Crippen LogP contribution in [0.4, 0.5) is 5.69 Å². The van der Waals surface area contributed by atoms with Crippen molar-refractivity contribution in [3.63, 3.8) is 0 Å². The van der Waals surface area contributed by atoms with Gasteiger partial charge in [-0.1, -0.05) is 13.8 Å². The lowest BCUT2D eigenvalue weighted by molar-refractivity contribution is -0.138. The van der Waals surface area contributed by atoms with Gasteiger partial charge < -0.3 is 19.9 Å². The molecule has 1 aromatic rings. The summed E-state index contributed by atoms with van der Waals surface area (Å²) in [5, 5.41) is 2.74. The molecular formula is C22H32N4O5S. The maximum absolute atomic E-state index is 13.2. The highest BCUT2D eigenvalue weighted by atomic mass is 32.2. The first-order chi connectivity index (χ1) is 15.3. The molecule has 3 aliphatic heterocycles. The summed E-state index contributed by atoms with van der Waals surface area (Å²) in [4.78, 5) is 29.4. The van der Waals surface area contributed by atoms with E-state index in [0.29, 0.717) is 43.8 Å². The molecule has 0 radical (unpaired) electrons. The normalized spacial score (nSPS) is 23.4. The van der Waals surface area contributed by atoms with Gasteiger partial charge in [-0.15, -0.1) is 0 Å². The molecule has 1 N–H and O–H groups in total. The van der Waals surface area contributed by atoms with Gasteiger partial charge in [-0.05, 0) is 44.0 Å². The van der Waals surface area contributed by atoms with Gasteiger partial charge in [-0.2, -0.15) is 4.31 Å². The minimum atomic E-state index is -3.72. The summed E-state index contributed by atoms with van der Waals surface area (Å²) in [6, 6.07) is 4.57. The molecule has 0 saturated carbocycles. The Bertz CT molecular complexity index is 967. The second-order valence-corrected chi connectivity index (χ2v) is 10.5. The maximum Gasteiger partial charge on any atom is 0.265 e. The van der Waals surface area contributed by atoms with Crippen molar-refractivity contribution in [3.8, 4) is 5.75 Å². The number of sulfonamides is 1. The zero-order chi connectivity index (χ0) is 22.9. The van der Waals surface area contributed by atoms with Gasteiger partial charge >= 0.3 is 0 Å². The second-order valence-electron chi connectivity index (χ2n) is 8.60. The number of fused-ring (bicyclic) bond motifs is 1. The molecule has 4 rings (SSSR count). The number of carbonyl (C=O) groups excluding carboxylic acids is 2. The Kier molecular flexibility index (Phi) is 6.73. The molecule has 0 spiro atoms. The number of hydrogen-bond acceptors (Lipinski definition) is 6. The summed E-state index contributed by atoms with van der Waals surface area (Å²) < 4.78 is 33.5. The van der Waals surface area contributed by atoms with Gasteiger partial charge in [0.1, 0.15) is 5.75 Å². The van der Waals surface area contributed by atoms with Crippen LogP contribution < -0.4 is 10.1 Å². The molecule has 3 aliphatic rings. The number of anilines is 1. The highest BCUT2D eigenvalue weighted by Crippen LogP contribution is 2.34. The SMILES string of the molecule is CCC1Oc2ccc(S(=O)(=O)N3CCC(C(=O)N4CCN(CC)CC4)CC3)cc2NC1=O. The molecule has 0 aromatic heterocycles. The van der Waals surface area contributed by atoms with Crippen molar-refractivity contribution in [2.45, 2.75) is 44.1 Å². The number of amides is 2. The summed E-state index contributed by atoms with van der Waals surface area (Å²) in [5.74, 6) is 0.227. The third-order valence-corrected chi connectivity index (χ3v) is 8.61. The fraction of sp³-hybridized carbons (Fsp3) is 0.636. The second kappa shape index (κ2) is 9.36. The van der Waals surface area contributed by atoms with Crippen molar-refractivity contribution in [3.05, 3.63) is 18.2 Å². The van der Waals surface area contributed by atoms with Gasteiger partial charge in [-0.3, -0.25) is 9.59 Å². The van der Waals surface area contributed by atoms with E-state index in [1.165, 1.54) is 16.4 Å². The first-order valence-electron chi connectivity index (χ1n) is 11.5. The Balaban J connectivity index is 1.39. The lowest BCUT2D eigenvalue weighted by Gasteiger charge is -2.38. The van der Waals surface area contributed by atoms with Gasteiger partial charge in [0.15, 0.2) is 6.10 Å². The van der Waals surface area contributed by atoms with Crippen LogP contribution >= 0.6 is 0 Å². The number of likely N-dealkylation sites (N-methyl/N-ethyl adjacent to an activating group) is 1. The molecule has 1 unspecified atom stereocenters. The lowest BCUT2D eigenvalue weighted by atomic mass is 9.96. The van der Waals surface area contributed by atoms with E-state index >= 15 is 0 Å². The van der Waals surface area contributed by atoms with Crippen LogP contribution in [0.1, 0.15) is 33.1 Å². The fourth-order valence-corrected chi connectivity index (χ4v) is 6.09. The zero-order valence-electron chi connectivity index (χ0n) is 18.7. The largest absolute Gasteiger partial charge is 0.478 e. The van der Waals surface area contributed by atoms with E-state index in [2.05, 4.69) is 17.1 Å². The van der Waals surface area contributed by atoms with Crippen LogP contribution in [0.3, 0.4) is 0 Å². The summed E-state index contributed by atoms with van der Waals surface area (Å²) in [7, 11) is -3.72. The van der Waals surface area contributed by atoms with E-state index in [1.807, 2.05) is 11.8 Å². The molecule has 2 saturated heterocycles. The molecule has 3 heterocycles. The van der Waals surface area contributed by atoms with Crippen LogP contribution in [0.2, 0.25) is 0 Å². The molecule has 0 bridgehead atoms. The molecule has 1 aromatic carbocycles. The number of nitrogens with zero attached hydrogens (tertiary/aromatic N) is 3. The van der Waals surface area contributed by atoms with Crippen molar-refractivity contribution >= 4 is 27.5 Å². The lowest BCUT2D eigenvalue weighted by Crippen LogP contribution is -2.51. The van der Waals surface area contributed by atoms with Crippen molar-refractivity contribution in [2.75, 3.05) is 51.1 Å². The number of carbonyl (C=O) groups is 2. The molecule has 9 nitrogen and oxygen atoms in total. The molecule has 176 valence electrons. The van der Waals surface area contributed by atoms with Crippen LogP contribution in [-0.4, -0.2) is 86.3 Å². The molecule has 2 amide bonds. The van der Waals surface area contributed by atoms with E-state index in [9.17, 15) is 18.0 Å². The number of benzene rings is 1. The number of ether oxygens (including phenoxy) is 1. The first kappa shape index (κ1) is 23.0. The predicted octanol–water partition coefficient (Wildman–Crippen LogP) is 1.36. The van der Waals surface area contributed by atoms with Gasteiger partial charge in [0.2, 0.25) is 15.9 Å². The highest BCUT2D eigenvalue weighted by Gasteiger charge is 2.35. The molecule has 2 fully saturated rings. The Morgan fingerprint density at radius 2 is 1.78 bits per heavy atom. The van der Waals surface area contributed by atoms with Gasteiger partial charge in [0, 0.05) is 45.2 Å². The Morgan fingerprint density at radius 1 is 1.09 bits per heavy atom. The quantitative estimate of drug-likeness (QED) is 0.707. The first-order valence-corrected chi connectivity index (χ1v) is 12.9. The van der Waals surface area contributed by atoms with Crippen molar-refractivity contribution < 1.29 is 22.7 Å². The summed E-state index contributed by atoms with van der Waals surface area (Å²) in [5.41, 5.74) is 0.372. The van der Waals surface area contributed by atoms with Crippen LogP contribution in [0, 0.1) is 5.92 Å². The highest BCUT2D eigenvalue weighted by molar-refractivity contribution is 7.89. The van der Waals surface area contributed by atoms with Gasteiger partial charge in [-0.25, -0.2) is 8.42 Å². The van der Waals surface area contributed by atoms with E-state index < -0.39 is 16.1 Å². The monoisotopic (exact) mass is 464 g/mol. The van der Waals surface area contributed by atoms with Crippen LogP contribution in [0.25, 0.3) is 0 Å². The number of rotatable bonds is 5. The number of nitrogens with one attached hydrogen (secondary N) is 1. The van der Waals surface area contributed by atoms with E-state index in [4.69, 9.17) is 4.74 Å². The smallest absolute Gasteiger partial charge is 0.265 e. The molecule has 32 heavy (non-hydrogen) atoms. The molecular weight excluding hydrogens is 432 g/mol. The van der Waals surface area contributed by atoms with E-state index in [-0.39, 0.29) is 22.6 Å². The fourth-order valence-electron chi connectivity index (χ4n) is 4.59. The molecule has 1 atom stereocenters. The zero-order valence-corrected chi connectivity index (χ0v) is 19.6. The van der Waals surface area contributed by atoms with Crippen molar-refractivity contribution in [1.29, 1.82) is 0 Å². The van der Waals surface area contributed by atoms with Crippen molar-refractivity contribution in [2.24, 2.45) is 5.92 Å².